The molecule has 1 aliphatic rings. The summed E-state index contributed by atoms with van der Waals surface area (Å²) in [6.45, 7) is 4.10. The number of amides is 3. The van der Waals surface area contributed by atoms with Crippen molar-refractivity contribution < 1.29 is 32.6 Å². The average molecular weight is 566 g/mol. The molecule has 1 aliphatic heterocycles. The number of likely N-dealkylation sites (N-methyl/N-ethyl adjacent to an activating group) is 1. The molecule has 3 amide bonds. The molecule has 3 aromatic rings. The van der Waals surface area contributed by atoms with Gasteiger partial charge < -0.3 is 24.6 Å². The summed E-state index contributed by atoms with van der Waals surface area (Å²) in [4.78, 5) is 42.7. The van der Waals surface area contributed by atoms with Gasteiger partial charge in [-0.05, 0) is 43.3 Å². The Hall–Kier alpha value is -4.31. The number of anilines is 1. The number of hydrogen-bond donors (Lipinski definition) is 1. The van der Waals surface area contributed by atoms with E-state index in [0.717, 1.165) is 0 Å². The number of nitrogens with one attached hydrogen (secondary N) is 1. The van der Waals surface area contributed by atoms with Crippen LogP contribution in [0.3, 0.4) is 0 Å². The number of carbonyl (C=O) groups is 3. The van der Waals surface area contributed by atoms with Gasteiger partial charge in [0, 0.05) is 44.9 Å². The Kier molecular flexibility index (Phi) is 9.34. The van der Waals surface area contributed by atoms with Crippen LogP contribution >= 0.6 is 0 Å². The summed E-state index contributed by atoms with van der Waals surface area (Å²) in [7, 11) is 3.18. The van der Waals surface area contributed by atoms with E-state index in [1.807, 2.05) is 6.92 Å². The molecule has 0 aromatic heterocycles. The zero-order valence-corrected chi connectivity index (χ0v) is 23.4. The van der Waals surface area contributed by atoms with Crippen molar-refractivity contribution in [3.8, 4) is 5.75 Å². The number of ether oxygens (including phenoxy) is 2. The van der Waals surface area contributed by atoms with Crippen molar-refractivity contribution in [3.05, 3.63) is 95.1 Å². The van der Waals surface area contributed by atoms with Crippen LogP contribution < -0.4 is 10.1 Å². The molecule has 0 radical (unpaired) electrons. The lowest BCUT2D eigenvalue weighted by atomic mass is 10.0. The van der Waals surface area contributed by atoms with Crippen molar-refractivity contribution in [2.45, 2.75) is 26.0 Å². The Bertz CT molecular complexity index is 1430. The van der Waals surface area contributed by atoms with Gasteiger partial charge in [-0.25, -0.2) is 8.78 Å². The highest BCUT2D eigenvalue weighted by molar-refractivity contribution is 6.05. The van der Waals surface area contributed by atoms with Gasteiger partial charge >= 0.3 is 0 Å². The molecule has 216 valence electrons. The first-order valence-electron chi connectivity index (χ1n) is 13.3. The third-order valence-electron chi connectivity index (χ3n) is 7.19. The third-order valence-corrected chi connectivity index (χ3v) is 7.19. The van der Waals surface area contributed by atoms with Gasteiger partial charge in [0.25, 0.3) is 17.7 Å². The highest BCUT2D eigenvalue weighted by atomic mass is 19.1. The Labute approximate surface area is 237 Å². The van der Waals surface area contributed by atoms with Crippen LogP contribution in [0.4, 0.5) is 14.5 Å². The van der Waals surface area contributed by atoms with Crippen molar-refractivity contribution in [1.29, 1.82) is 0 Å². The van der Waals surface area contributed by atoms with E-state index >= 15 is 0 Å². The van der Waals surface area contributed by atoms with Crippen molar-refractivity contribution >= 4 is 23.4 Å². The van der Waals surface area contributed by atoms with Gasteiger partial charge in [-0.1, -0.05) is 31.2 Å². The standard InChI is InChI=1S/C31H33F2N3O5/c1-19-16-36(31(39)23-10-6-8-12-26(23)33)20(2)18-41-27-15-21(34-29(37)22-9-5-7-11-25(22)32)13-14-24(27)30(38)35(3)17-28(19)40-4/h5-15,19-20,28H,16-18H2,1-4H3,(H,34,37)/t19-,20-,28+/m1/s1. The zero-order chi connectivity index (χ0) is 29.7. The van der Waals surface area contributed by atoms with E-state index in [-0.39, 0.29) is 59.6 Å². The number of benzene rings is 3. The van der Waals surface area contributed by atoms with Crippen LogP contribution in [0.1, 0.15) is 44.9 Å². The number of rotatable bonds is 4. The van der Waals surface area contributed by atoms with Gasteiger partial charge in [0.05, 0.1) is 28.8 Å². The molecule has 1 heterocycles. The number of nitrogens with zero attached hydrogens (tertiary/aromatic N) is 2. The first-order chi connectivity index (χ1) is 19.6. The molecule has 1 N–H and O–H groups in total. The summed E-state index contributed by atoms with van der Waals surface area (Å²) in [6, 6.07) is 15.4. The topological polar surface area (TPSA) is 88.2 Å². The Morgan fingerprint density at radius 3 is 2.22 bits per heavy atom. The Morgan fingerprint density at radius 2 is 1.59 bits per heavy atom. The van der Waals surface area contributed by atoms with E-state index < -0.39 is 35.6 Å². The molecule has 0 unspecified atom stereocenters. The largest absolute Gasteiger partial charge is 0.491 e. The lowest BCUT2D eigenvalue weighted by molar-refractivity contribution is 0.0110. The van der Waals surface area contributed by atoms with Gasteiger partial charge in [-0.15, -0.1) is 0 Å². The van der Waals surface area contributed by atoms with Crippen LogP contribution in [0.15, 0.2) is 66.7 Å². The van der Waals surface area contributed by atoms with Crippen LogP contribution in [0, 0.1) is 17.6 Å². The number of carbonyl (C=O) groups excluding carboxylic acids is 3. The first kappa shape index (κ1) is 29.7. The van der Waals surface area contributed by atoms with Gasteiger partial charge in [-0.3, -0.25) is 14.4 Å². The SMILES string of the molecule is CO[C@H]1CN(C)C(=O)c2ccc(NC(=O)c3ccccc3F)cc2OC[C@@H](C)N(C(=O)c2ccccc2F)C[C@H]1C. The van der Waals surface area contributed by atoms with Crippen molar-refractivity contribution in [2.24, 2.45) is 5.92 Å². The van der Waals surface area contributed by atoms with Crippen LogP contribution in [-0.4, -0.2) is 73.5 Å². The highest BCUT2D eigenvalue weighted by Crippen LogP contribution is 2.28. The monoisotopic (exact) mass is 565 g/mol. The number of fused-ring (bicyclic) bond motifs is 1. The molecule has 0 spiro atoms. The summed E-state index contributed by atoms with van der Waals surface area (Å²) in [5.74, 6) is -2.81. The predicted octanol–water partition coefficient (Wildman–Crippen LogP) is 4.86. The van der Waals surface area contributed by atoms with Crippen molar-refractivity contribution in [2.75, 3.05) is 39.2 Å². The van der Waals surface area contributed by atoms with E-state index in [2.05, 4.69) is 5.32 Å². The van der Waals surface area contributed by atoms with Gasteiger partial charge in [0.1, 0.15) is 24.0 Å². The minimum atomic E-state index is -0.667. The molecule has 0 bridgehead atoms. The molecule has 0 fully saturated rings. The summed E-state index contributed by atoms with van der Waals surface area (Å²) >= 11 is 0. The van der Waals surface area contributed by atoms with Crippen LogP contribution in [-0.2, 0) is 4.74 Å². The molecule has 3 aromatic carbocycles. The fraction of sp³-hybridized carbons (Fsp3) is 0.323. The average Bonchev–Trinajstić information content (AvgIpc) is 2.96. The van der Waals surface area contributed by atoms with Crippen molar-refractivity contribution in [1.82, 2.24) is 9.80 Å². The normalized spacial score (nSPS) is 19.9. The lowest BCUT2D eigenvalue weighted by Crippen LogP contribution is -2.48. The summed E-state index contributed by atoms with van der Waals surface area (Å²) in [5.41, 5.74) is 0.333. The van der Waals surface area contributed by atoms with E-state index in [1.54, 1.807) is 38.1 Å². The minimum Gasteiger partial charge on any atom is -0.491 e. The molecule has 0 aliphatic carbocycles. The lowest BCUT2D eigenvalue weighted by Gasteiger charge is -2.36. The van der Waals surface area contributed by atoms with Crippen molar-refractivity contribution in [3.63, 3.8) is 0 Å². The zero-order valence-electron chi connectivity index (χ0n) is 23.4. The van der Waals surface area contributed by atoms with E-state index in [9.17, 15) is 23.2 Å². The Morgan fingerprint density at radius 1 is 0.951 bits per heavy atom. The maximum Gasteiger partial charge on any atom is 0.258 e. The quantitative estimate of drug-likeness (QED) is 0.488. The molecular formula is C31H33F2N3O5. The predicted molar refractivity (Wildman–Crippen MR) is 150 cm³/mol. The number of methoxy groups -OCH3 is 1. The van der Waals surface area contributed by atoms with Crippen LogP contribution in [0.5, 0.6) is 5.75 Å². The van der Waals surface area contributed by atoms with Crippen LogP contribution in [0.25, 0.3) is 0 Å². The second-order valence-electron chi connectivity index (χ2n) is 10.2. The van der Waals surface area contributed by atoms with Gasteiger partial charge in [0.2, 0.25) is 0 Å². The maximum absolute atomic E-state index is 14.6. The molecular weight excluding hydrogens is 532 g/mol. The number of halogens is 2. The second kappa shape index (κ2) is 12.9. The first-order valence-corrected chi connectivity index (χ1v) is 13.3. The second-order valence-corrected chi connectivity index (χ2v) is 10.2. The summed E-state index contributed by atoms with van der Waals surface area (Å²) in [5, 5.41) is 2.64. The number of hydrogen-bond acceptors (Lipinski definition) is 5. The molecule has 0 saturated carbocycles. The molecule has 0 saturated heterocycles. The maximum atomic E-state index is 14.6. The molecule has 8 nitrogen and oxygen atoms in total. The smallest absolute Gasteiger partial charge is 0.258 e. The van der Waals surface area contributed by atoms with Gasteiger partial charge in [-0.2, -0.15) is 0 Å². The molecule has 41 heavy (non-hydrogen) atoms. The summed E-state index contributed by atoms with van der Waals surface area (Å²) < 4.78 is 40.5. The van der Waals surface area contributed by atoms with E-state index in [4.69, 9.17) is 9.47 Å². The summed E-state index contributed by atoms with van der Waals surface area (Å²) in [6.07, 6.45) is -0.421. The highest BCUT2D eigenvalue weighted by Gasteiger charge is 2.31. The third kappa shape index (κ3) is 6.71. The van der Waals surface area contributed by atoms with E-state index in [0.29, 0.717) is 0 Å². The van der Waals surface area contributed by atoms with Gasteiger partial charge in [0.15, 0.2) is 0 Å². The van der Waals surface area contributed by atoms with Crippen LogP contribution in [0.2, 0.25) is 0 Å². The fourth-order valence-electron chi connectivity index (χ4n) is 4.77. The molecule has 4 rings (SSSR count). The molecule has 3 atom stereocenters. The minimum absolute atomic E-state index is 0.0285. The van der Waals surface area contributed by atoms with E-state index in [1.165, 1.54) is 59.5 Å². The molecule has 10 heteroatoms. The Balaban J connectivity index is 1.68. The fourth-order valence-corrected chi connectivity index (χ4v) is 4.77.